The smallest absolute Gasteiger partial charge is 0.213 e. The van der Waals surface area contributed by atoms with Crippen LogP contribution in [-0.4, -0.2) is 20.1 Å². The molecule has 1 N–H and O–H groups in total. The second kappa shape index (κ2) is 8.27. The maximum Gasteiger partial charge on any atom is 0.213 e. The number of phenols is 1. The third-order valence-electron chi connectivity index (χ3n) is 4.28. The standard InChI is InChI=1S/C22H15FN4O2S/c1-13-22(30-20(26-13)12-29-19-7-2-3-8-25-19)18-6-4-5-17(27-18)14-9-15(11-24)21(28)16(23)10-14/h2-10,28H,12H2,1H3. The highest BCUT2D eigenvalue weighted by molar-refractivity contribution is 7.15. The summed E-state index contributed by atoms with van der Waals surface area (Å²) in [7, 11) is 0. The number of rotatable bonds is 5. The number of thiazole rings is 1. The molecule has 0 fully saturated rings. The lowest BCUT2D eigenvalue weighted by Gasteiger charge is -2.06. The molecule has 3 aromatic heterocycles. The number of halogens is 1. The van der Waals surface area contributed by atoms with Gasteiger partial charge in [0.25, 0.3) is 0 Å². The number of hydrogen-bond acceptors (Lipinski definition) is 7. The normalized spacial score (nSPS) is 10.6. The molecule has 3 heterocycles. The van der Waals surface area contributed by atoms with Crippen molar-refractivity contribution in [2.24, 2.45) is 0 Å². The second-order valence-electron chi connectivity index (χ2n) is 6.35. The summed E-state index contributed by atoms with van der Waals surface area (Å²) in [6.07, 6.45) is 1.66. The highest BCUT2D eigenvalue weighted by atomic mass is 32.1. The van der Waals surface area contributed by atoms with Crippen molar-refractivity contribution in [3.63, 3.8) is 0 Å². The summed E-state index contributed by atoms with van der Waals surface area (Å²) in [5.74, 6) is -0.998. The molecule has 0 spiro atoms. The number of phenolic OH excluding ortho intramolecular Hbond substituents is 1. The Bertz CT molecular complexity index is 1250. The first-order chi connectivity index (χ1) is 14.5. The van der Waals surface area contributed by atoms with E-state index in [1.165, 1.54) is 17.4 Å². The van der Waals surface area contributed by atoms with Crippen molar-refractivity contribution in [3.05, 3.63) is 76.8 Å². The molecule has 30 heavy (non-hydrogen) atoms. The van der Waals surface area contributed by atoms with Crippen molar-refractivity contribution < 1.29 is 14.2 Å². The van der Waals surface area contributed by atoms with E-state index in [2.05, 4.69) is 15.0 Å². The van der Waals surface area contributed by atoms with Crippen molar-refractivity contribution in [2.75, 3.05) is 0 Å². The van der Waals surface area contributed by atoms with Gasteiger partial charge in [-0.1, -0.05) is 12.1 Å². The van der Waals surface area contributed by atoms with Crippen molar-refractivity contribution in [2.45, 2.75) is 13.5 Å². The van der Waals surface area contributed by atoms with Gasteiger partial charge in [0.15, 0.2) is 11.6 Å². The van der Waals surface area contributed by atoms with E-state index < -0.39 is 11.6 Å². The number of aryl methyl sites for hydroxylation is 1. The van der Waals surface area contributed by atoms with Crippen LogP contribution in [0, 0.1) is 24.1 Å². The number of nitriles is 1. The van der Waals surface area contributed by atoms with E-state index >= 15 is 0 Å². The van der Waals surface area contributed by atoms with Crippen LogP contribution < -0.4 is 4.74 Å². The average molecular weight is 418 g/mol. The van der Waals surface area contributed by atoms with E-state index in [9.17, 15) is 9.50 Å². The van der Waals surface area contributed by atoms with E-state index in [0.29, 0.717) is 22.8 Å². The van der Waals surface area contributed by atoms with E-state index in [4.69, 9.17) is 10.00 Å². The Morgan fingerprint density at radius 3 is 2.73 bits per heavy atom. The van der Waals surface area contributed by atoms with Gasteiger partial charge in [-0.05, 0) is 37.3 Å². The average Bonchev–Trinajstić information content (AvgIpc) is 3.15. The van der Waals surface area contributed by atoms with Crippen LogP contribution in [0.25, 0.3) is 21.8 Å². The number of aromatic nitrogens is 3. The van der Waals surface area contributed by atoms with Crippen molar-refractivity contribution in [3.8, 4) is 39.5 Å². The van der Waals surface area contributed by atoms with Gasteiger partial charge >= 0.3 is 0 Å². The molecule has 0 unspecified atom stereocenters. The molecule has 8 heteroatoms. The lowest BCUT2D eigenvalue weighted by atomic mass is 10.1. The van der Waals surface area contributed by atoms with Gasteiger partial charge < -0.3 is 9.84 Å². The molecule has 4 rings (SSSR count). The first-order valence-corrected chi connectivity index (χ1v) is 9.77. The van der Waals surface area contributed by atoms with Crippen LogP contribution in [0.1, 0.15) is 16.3 Å². The Hall–Kier alpha value is -3.83. The fourth-order valence-electron chi connectivity index (χ4n) is 2.87. The predicted octanol–water partition coefficient (Wildman–Crippen LogP) is 4.87. The van der Waals surface area contributed by atoms with Crippen LogP contribution in [0.4, 0.5) is 4.39 Å². The summed E-state index contributed by atoms with van der Waals surface area (Å²) in [5, 5.41) is 19.5. The molecule has 148 valence electrons. The number of ether oxygens (including phenoxy) is 1. The number of nitrogens with zero attached hydrogens (tertiary/aromatic N) is 4. The largest absolute Gasteiger partial charge is 0.504 e. The topological polar surface area (TPSA) is 91.9 Å². The van der Waals surface area contributed by atoms with Gasteiger partial charge in [0.2, 0.25) is 5.88 Å². The Morgan fingerprint density at radius 2 is 1.97 bits per heavy atom. The molecule has 4 aromatic rings. The minimum Gasteiger partial charge on any atom is -0.504 e. The SMILES string of the molecule is Cc1nc(COc2ccccn2)sc1-c1cccc(-c2cc(F)c(O)c(C#N)c2)n1. The fourth-order valence-corrected chi connectivity index (χ4v) is 3.82. The maximum atomic E-state index is 14.0. The molecule has 0 saturated heterocycles. The second-order valence-corrected chi connectivity index (χ2v) is 7.44. The van der Waals surface area contributed by atoms with Gasteiger partial charge in [-0.15, -0.1) is 11.3 Å². The highest BCUT2D eigenvalue weighted by Crippen LogP contribution is 2.32. The monoisotopic (exact) mass is 418 g/mol. The first-order valence-electron chi connectivity index (χ1n) is 8.95. The molecule has 0 bridgehead atoms. The minimum absolute atomic E-state index is 0.139. The molecule has 0 saturated carbocycles. The fraction of sp³-hybridized carbons (Fsp3) is 0.0909. The molecule has 0 atom stereocenters. The first kappa shape index (κ1) is 19.5. The van der Waals surface area contributed by atoms with Gasteiger partial charge in [-0.2, -0.15) is 5.26 Å². The van der Waals surface area contributed by atoms with Crippen LogP contribution in [0.3, 0.4) is 0 Å². The van der Waals surface area contributed by atoms with E-state index in [0.717, 1.165) is 21.6 Å². The molecule has 0 aliphatic rings. The summed E-state index contributed by atoms with van der Waals surface area (Å²) in [6, 6.07) is 15.2. The molecule has 0 aliphatic carbocycles. The van der Waals surface area contributed by atoms with Crippen molar-refractivity contribution >= 4 is 11.3 Å². The van der Waals surface area contributed by atoms with Gasteiger partial charge in [-0.3, -0.25) is 0 Å². The Balaban J connectivity index is 1.62. The Morgan fingerprint density at radius 1 is 1.13 bits per heavy atom. The van der Waals surface area contributed by atoms with Crippen LogP contribution >= 0.6 is 11.3 Å². The lowest BCUT2D eigenvalue weighted by molar-refractivity contribution is 0.293. The van der Waals surface area contributed by atoms with E-state index in [1.807, 2.05) is 25.1 Å². The van der Waals surface area contributed by atoms with Gasteiger partial charge in [0, 0.05) is 17.8 Å². The number of hydrogen-bond donors (Lipinski definition) is 1. The van der Waals surface area contributed by atoms with E-state index in [1.54, 1.807) is 30.5 Å². The lowest BCUT2D eigenvalue weighted by Crippen LogP contribution is -1.96. The predicted molar refractivity (Wildman–Crippen MR) is 110 cm³/mol. The highest BCUT2D eigenvalue weighted by Gasteiger charge is 2.15. The van der Waals surface area contributed by atoms with Crippen LogP contribution in [0.2, 0.25) is 0 Å². The van der Waals surface area contributed by atoms with Gasteiger partial charge in [0.1, 0.15) is 17.7 Å². The zero-order valence-electron chi connectivity index (χ0n) is 15.8. The Labute approximate surface area is 175 Å². The maximum absolute atomic E-state index is 14.0. The summed E-state index contributed by atoms with van der Waals surface area (Å²) >= 11 is 1.46. The van der Waals surface area contributed by atoms with Gasteiger partial charge in [-0.25, -0.2) is 19.3 Å². The number of benzene rings is 1. The summed E-state index contributed by atoms with van der Waals surface area (Å²) in [4.78, 5) is 14.2. The van der Waals surface area contributed by atoms with Gasteiger partial charge in [0.05, 0.1) is 27.5 Å². The van der Waals surface area contributed by atoms with Crippen LogP contribution in [-0.2, 0) is 6.61 Å². The number of aromatic hydroxyl groups is 1. The third-order valence-corrected chi connectivity index (χ3v) is 5.44. The molecular weight excluding hydrogens is 403 g/mol. The molecule has 0 radical (unpaired) electrons. The molecule has 0 aliphatic heterocycles. The third kappa shape index (κ3) is 3.97. The van der Waals surface area contributed by atoms with Crippen LogP contribution in [0.15, 0.2) is 54.7 Å². The zero-order chi connectivity index (χ0) is 21.1. The Kier molecular flexibility index (Phi) is 5.37. The molecule has 6 nitrogen and oxygen atoms in total. The summed E-state index contributed by atoms with van der Waals surface area (Å²) in [6.45, 7) is 2.18. The summed E-state index contributed by atoms with van der Waals surface area (Å²) in [5.41, 5.74) is 2.24. The van der Waals surface area contributed by atoms with Crippen molar-refractivity contribution in [1.82, 2.24) is 15.0 Å². The van der Waals surface area contributed by atoms with Crippen molar-refractivity contribution in [1.29, 1.82) is 5.26 Å². The molecule has 1 aromatic carbocycles. The summed E-state index contributed by atoms with van der Waals surface area (Å²) < 4.78 is 19.6. The quantitative estimate of drug-likeness (QED) is 0.497. The van der Waals surface area contributed by atoms with E-state index in [-0.39, 0.29) is 12.2 Å². The molecule has 0 amide bonds. The minimum atomic E-state index is -0.862. The molecular formula is C22H15FN4O2S. The zero-order valence-corrected chi connectivity index (χ0v) is 16.7. The van der Waals surface area contributed by atoms with Crippen LogP contribution in [0.5, 0.6) is 11.6 Å². The number of pyridine rings is 2.